The van der Waals surface area contributed by atoms with E-state index in [0.717, 1.165) is 36.7 Å². The van der Waals surface area contributed by atoms with Crippen molar-refractivity contribution in [3.63, 3.8) is 0 Å². The number of aromatic amines is 1. The van der Waals surface area contributed by atoms with E-state index in [9.17, 15) is 4.79 Å². The van der Waals surface area contributed by atoms with Gasteiger partial charge in [-0.25, -0.2) is 4.98 Å². The Bertz CT molecular complexity index is 433. The molecule has 2 N–H and O–H groups in total. The molecule has 4 nitrogen and oxygen atoms in total. The quantitative estimate of drug-likeness (QED) is 0.569. The summed E-state index contributed by atoms with van der Waals surface area (Å²) in [4.78, 5) is 18.9. The highest BCUT2D eigenvalue weighted by Gasteiger charge is 2.11. The molecular weight excluding hydrogens is 258 g/mol. The van der Waals surface area contributed by atoms with Gasteiger partial charge in [0.2, 0.25) is 0 Å². The van der Waals surface area contributed by atoms with E-state index in [-0.39, 0.29) is 5.56 Å². The van der Waals surface area contributed by atoms with Gasteiger partial charge in [0.15, 0.2) is 5.16 Å². The highest BCUT2D eigenvalue weighted by atomic mass is 32.2. The largest absolute Gasteiger partial charge is 0.314 e. The molecule has 0 aliphatic carbocycles. The lowest BCUT2D eigenvalue weighted by Gasteiger charge is -2.17. The molecule has 1 aromatic heterocycles. The molecule has 108 valence electrons. The van der Waals surface area contributed by atoms with E-state index in [1.54, 1.807) is 17.8 Å². The molecule has 1 heterocycles. The Kier molecular flexibility index (Phi) is 7.16. The fourth-order valence-corrected chi connectivity index (χ4v) is 3.19. The Morgan fingerprint density at radius 3 is 2.79 bits per heavy atom. The summed E-state index contributed by atoms with van der Waals surface area (Å²) in [6.07, 6.45) is 2.92. The van der Waals surface area contributed by atoms with Crippen LogP contribution in [0.5, 0.6) is 0 Å². The van der Waals surface area contributed by atoms with Gasteiger partial charge in [-0.2, -0.15) is 0 Å². The highest BCUT2D eigenvalue weighted by molar-refractivity contribution is 7.99. The number of aryl methyl sites for hydroxylation is 1. The first-order valence-electron chi connectivity index (χ1n) is 7.05. The van der Waals surface area contributed by atoms with Gasteiger partial charge < -0.3 is 10.3 Å². The molecule has 0 fully saturated rings. The van der Waals surface area contributed by atoms with E-state index >= 15 is 0 Å². The number of hydrogen-bond donors (Lipinski definition) is 2. The second-order valence-corrected chi connectivity index (χ2v) is 6.34. The number of H-pyrrole nitrogens is 1. The molecule has 2 unspecified atom stereocenters. The van der Waals surface area contributed by atoms with E-state index in [1.165, 1.54) is 0 Å². The third kappa shape index (κ3) is 6.25. The van der Waals surface area contributed by atoms with E-state index in [0.29, 0.717) is 11.3 Å². The summed E-state index contributed by atoms with van der Waals surface area (Å²) in [5.74, 6) is 0. The number of rotatable bonds is 8. The topological polar surface area (TPSA) is 57.8 Å². The van der Waals surface area contributed by atoms with Gasteiger partial charge in [0.05, 0.1) is 0 Å². The van der Waals surface area contributed by atoms with Crippen LogP contribution in [-0.4, -0.2) is 27.8 Å². The molecule has 0 radical (unpaired) electrons. The van der Waals surface area contributed by atoms with Crippen molar-refractivity contribution in [1.82, 2.24) is 15.3 Å². The first-order valence-corrected chi connectivity index (χ1v) is 7.93. The van der Waals surface area contributed by atoms with Crippen molar-refractivity contribution >= 4 is 11.8 Å². The number of thioether (sulfide) groups is 1. The van der Waals surface area contributed by atoms with Gasteiger partial charge in [-0.15, -0.1) is 0 Å². The Labute approximate surface area is 119 Å². The summed E-state index contributed by atoms with van der Waals surface area (Å²) < 4.78 is 0. The number of nitrogens with zero attached hydrogens (tertiary/aromatic N) is 1. The minimum atomic E-state index is -0.0483. The minimum Gasteiger partial charge on any atom is -0.314 e. The van der Waals surface area contributed by atoms with Gasteiger partial charge in [-0.3, -0.25) is 4.79 Å². The molecule has 0 spiro atoms. The second kappa shape index (κ2) is 8.38. The Morgan fingerprint density at radius 1 is 1.42 bits per heavy atom. The van der Waals surface area contributed by atoms with Gasteiger partial charge in [0.1, 0.15) is 0 Å². The van der Waals surface area contributed by atoms with Gasteiger partial charge in [0, 0.05) is 23.1 Å². The van der Waals surface area contributed by atoms with Crippen LogP contribution in [0.25, 0.3) is 0 Å². The van der Waals surface area contributed by atoms with Crippen molar-refractivity contribution < 1.29 is 0 Å². The molecule has 1 rings (SSSR count). The standard InChI is InChI=1S/C14H25N3OS/c1-5-7-12-9-13(18)17-14(16-12)19-11(4)8-10(3)15-6-2/h9-11,15H,5-8H2,1-4H3,(H,16,17,18). The van der Waals surface area contributed by atoms with Crippen LogP contribution in [0.1, 0.15) is 46.2 Å². The van der Waals surface area contributed by atoms with Crippen LogP contribution >= 0.6 is 11.8 Å². The molecule has 0 amide bonds. The fraction of sp³-hybridized carbons (Fsp3) is 0.714. The van der Waals surface area contributed by atoms with Crippen LogP contribution in [0.15, 0.2) is 16.0 Å². The minimum absolute atomic E-state index is 0.0483. The van der Waals surface area contributed by atoms with Crippen molar-refractivity contribution in [3.8, 4) is 0 Å². The molecule has 2 atom stereocenters. The van der Waals surface area contributed by atoms with Crippen molar-refractivity contribution in [3.05, 3.63) is 22.1 Å². The molecule has 0 bridgehead atoms. The molecule has 19 heavy (non-hydrogen) atoms. The average molecular weight is 283 g/mol. The van der Waals surface area contributed by atoms with Crippen molar-refractivity contribution in [2.75, 3.05) is 6.54 Å². The third-order valence-electron chi connectivity index (χ3n) is 2.83. The summed E-state index contributed by atoms with van der Waals surface area (Å²) in [5, 5.41) is 4.57. The number of aromatic nitrogens is 2. The first kappa shape index (κ1) is 16.2. The van der Waals surface area contributed by atoms with E-state index in [4.69, 9.17) is 0 Å². The van der Waals surface area contributed by atoms with Gasteiger partial charge in [-0.05, 0) is 26.3 Å². The lowest BCUT2D eigenvalue weighted by molar-refractivity contribution is 0.529. The normalized spacial score (nSPS) is 14.3. The molecule has 0 saturated carbocycles. The number of hydrogen-bond acceptors (Lipinski definition) is 4. The van der Waals surface area contributed by atoms with E-state index in [2.05, 4.69) is 43.0 Å². The average Bonchev–Trinajstić information content (AvgIpc) is 2.28. The van der Waals surface area contributed by atoms with Crippen molar-refractivity contribution in [1.29, 1.82) is 0 Å². The Balaban J connectivity index is 2.62. The summed E-state index contributed by atoms with van der Waals surface area (Å²) in [5.41, 5.74) is 0.841. The van der Waals surface area contributed by atoms with Crippen molar-refractivity contribution in [2.24, 2.45) is 0 Å². The van der Waals surface area contributed by atoms with Crippen LogP contribution in [0.3, 0.4) is 0 Å². The summed E-state index contributed by atoms with van der Waals surface area (Å²) in [7, 11) is 0. The maximum atomic E-state index is 11.6. The van der Waals surface area contributed by atoms with E-state index in [1.807, 2.05) is 0 Å². The lowest BCUT2D eigenvalue weighted by Crippen LogP contribution is -2.28. The third-order valence-corrected chi connectivity index (χ3v) is 3.84. The summed E-state index contributed by atoms with van der Waals surface area (Å²) in [6, 6.07) is 2.08. The molecule has 0 aromatic carbocycles. The molecule has 5 heteroatoms. The van der Waals surface area contributed by atoms with E-state index < -0.39 is 0 Å². The highest BCUT2D eigenvalue weighted by Crippen LogP contribution is 2.22. The predicted octanol–water partition coefficient (Wildman–Crippen LogP) is 2.59. The summed E-state index contributed by atoms with van der Waals surface area (Å²) in [6.45, 7) is 9.55. The molecule has 0 saturated heterocycles. The zero-order valence-electron chi connectivity index (χ0n) is 12.3. The van der Waals surface area contributed by atoms with Crippen LogP contribution in [0.4, 0.5) is 0 Å². The van der Waals surface area contributed by atoms with Crippen molar-refractivity contribution in [2.45, 2.75) is 63.4 Å². The SMILES string of the molecule is CCCc1cc(=O)[nH]c(SC(C)CC(C)NCC)n1. The summed E-state index contributed by atoms with van der Waals surface area (Å²) >= 11 is 1.65. The zero-order chi connectivity index (χ0) is 14.3. The van der Waals surface area contributed by atoms with Crippen LogP contribution in [0, 0.1) is 0 Å². The maximum absolute atomic E-state index is 11.6. The van der Waals surface area contributed by atoms with Crippen LogP contribution in [-0.2, 0) is 6.42 Å². The predicted molar refractivity (Wildman–Crippen MR) is 81.9 cm³/mol. The monoisotopic (exact) mass is 283 g/mol. The van der Waals surface area contributed by atoms with Crippen LogP contribution < -0.4 is 10.9 Å². The van der Waals surface area contributed by atoms with Gasteiger partial charge in [-0.1, -0.05) is 39.0 Å². The fourth-order valence-electron chi connectivity index (χ4n) is 2.09. The zero-order valence-corrected chi connectivity index (χ0v) is 13.1. The number of nitrogens with one attached hydrogen (secondary N) is 2. The first-order chi connectivity index (χ1) is 9.05. The maximum Gasteiger partial charge on any atom is 0.251 e. The molecule has 1 aromatic rings. The van der Waals surface area contributed by atoms with Crippen LogP contribution in [0.2, 0.25) is 0 Å². The molecule has 0 aliphatic heterocycles. The molecular formula is C14H25N3OS. The van der Waals surface area contributed by atoms with Gasteiger partial charge >= 0.3 is 0 Å². The Hall–Kier alpha value is -0.810. The molecule has 0 aliphatic rings. The smallest absolute Gasteiger partial charge is 0.251 e. The Morgan fingerprint density at radius 2 is 2.16 bits per heavy atom. The van der Waals surface area contributed by atoms with Gasteiger partial charge in [0.25, 0.3) is 5.56 Å². The lowest BCUT2D eigenvalue weighted by atomic mass is 10.2. The second-order valence-electron chi connectivity index (χ2n) is 4.91.